The summed E-state index contributed by atoms with van der Waals surface area (Å²) in [4.78, 5) is 0. The van der Waals surface area contributed by atoms with Gasteiger partial charge in [-0.2, -0.15) is 0 Å². The summed E-state index contributed by atoms with van der Waals surface area (Å²) >= 11 is 0. The molecule has 0 spiro atoms. The molecule has 1 heteroatoms. The molecule has 60 valence electrons. The number of hydrogen-bond acceptors (Lipinski definition) is 1. The number of hydrogen-bond donors (Lipinski definition) is 0. The maximum Gasteiger partial charge on any atom is 0.0648 e. The third-order valence-electron chi connectivity index (χ3n) is 1.46. The van der Waals surface area contributed by atoms with Gasteiger partial charge in [-0.1, -0.05) is 25.8 Å². The van der Waals surface area contributed by atoms with E-state index in [1.807, 2.05) is 0 Å². The zero-order valence-electron chi connectivity index (χ0n) is 7.10. The molecule has 1 nitrogen and oxygen atoms in total. The molecule has 0 saturated carbocycles. The zero-order chi connectivity index (χ0) is 7.82. The van der Waals surface area contributed by atoms with Gasteiger partial charge in [0.05, 0.1) is 12.7 Å². The largest absolute Gasteiger partial charge is 0.374 e. The molecule has 0 saturated heterocycles. The minimum atomic E-state index is 0.401. The fourth-order valence-corrected chi connectivity index (χ4v) is 0.807. The van der Waals surface area contributed by atoms with Crippen LogP contribution in [0.5, 0.6) is 0 Å². The van der Waals surface area contributed by atoms with Crippen LogP contribution in [0.3, 0.4) is 0 Å². The molecule has 0 aliphatic heterocycles. The van der Waals surface area contributed by atoms with Crippen LogP contribution in [-0.4, -0.2) is 12.7 Å². The third-order valence-corrected chi connectivity index (χ3v) is 1.46. The smallest absolute Gasteiger partial charge is 0.0648 e. The average molecular weight is 142 g/mol. The van der Waals surface area contributed by atoms with Gasteiger partial charge in [0.15, 0.2) is 0 Å². The first-order chi connectivity index (χ1) is 4.81. The fourth-order valence-electron chi connectivity index (χ4n) is 0.807. The van der Waals surface area contributed by atoms with E-state index in [9.17, 15) is 0 Å². The van der Waals surface area contributed by atoms with Crippen molar-refractivity contribution in [2.24, 2.45) is 0 Å². The normalized spacial score (nSPS) is 13.0. The van der Waals surface area contributed by atoms with Crippen molar-refractivity contribution in [2.45, 2.75) is 39.2 Å². The van der Waals surface area contributed by atoms with Gasteiger partial charge >= 0.3 is 0 Å². The van der Waals surface area contributed by atoms with Gasteiger partial charge in [-0.25, -0.2) is 0 Å². The molecule has 10 heavy (non-hydrogen) atoms. The summed E-state index contributed by atoms with van der Waals surface area (Å²) in [6.45, 7) is 8.58. The fraction of sp³-hybridized carbons (Fsp3) is 0.778. The Hall–Kier alpha value is -0.300. The summed E-state index contributed by atoms with van der Waals surface area (Å²) in [5.41, 5.74) is 0. The molecule has 0 amide bonds. The lowest BCUT2D eigenvalue weighted by atomic mass is 10.2. The van der Waals surface area contributed by atoms with Crippen molar-refractivity contribution >= 4 is 0 Å². The van der Waals surface area contributed by atoms with Gasteiger partial charge in [0.1, 0.15) is 0 Å². The Morgan fingerprint density at radius 1 is 1.60 bits per heavy atom. The first kappa shape index (κ1) is 9.70. The highest BCUT2D eigenvalue weighted by molar-refractivity contribution is 4.65. The second-order valence-corrected chi connectivity index (χ2v) is 2.57. The summed E-state index contributed by atoms with van der Waals surface area (Å²) in [5, 5.41) is 0. The van der Waals surface area contributed by atoms with Crippen molar-refractivity contribution in [1.82, 2.24) is 0 Å². The molecule has 1 atom stereocenters. The van der Waals surface area contributed by atoms with Crippen molar-refractivity contribution in [3.63, 3.8) is 0 Å². The molecule has 0 aliphatic rings. The van der Waals surface area contributed by atoms with E-state index >= 15 is 0 Å². The van der Waals surface area contributed by atoms with Gasteiger partial charge in [-0.3, -0.25) is 0 Å². The molecule has 0 heterocycles. The highest BCUT2D eigenvalue weighted by Gasteiger charge is 1.97. The molecule has 0 aromatic rings. The van der Waals surface area contributed by atoms with Crippen molar-refractivity contribution in [3.8, 4) is 0 Å². The van der Waals surface area contributed by atoms with Crippen LogP contribution in [0.2, 0.25) is 0 Å². The maximum atomic E-state index is 5.38. The predicted molar refractivity (Wildman–Crippen MR) is 45.1 cm³/mol. The van der Waals surface area contributed by atoms with Crippen LogP contribution < -0.4 is 0 Å². The molecule has 0 aromatic carbocycles. The van der Waals surface area contributed by atoms with Crippen LogP contribution in [0.4, 0.5) is 0 Å². The van der Waals surface area contributed by atoms with Gasteiger partial charge in [0.25, 0.3) is 0 Å². The monoisotopic (exact) mass is 142 g/mol. The van der Waals surface area contributed by atoms with E-state index in [0.29, 0.717) is 12.7 Å². The quantitative estimate of drug-likeness (QED) is 0.518. The van der Waals surface area contributed by atoms with E-state index in [1.165, 1.54) is 19.3 Å². The number of rotatable bonds is 6. The van der Waals surface area contributed by atoms with Gasteiger partial charge in [-0.15, -0.1) is 6.58 Å². The Labute approximate surface area is 64.1 Å². The molecule has 0 radical (unpaired) electrons. The van der Waals surface area contributed by atoms with Crippen molar-refractivity contribution in [2.75, 3.05) is 6.61 Å². The van der Waals surface area contributed by atoms with Gasteiger partial charge < -0.3 is 4.74 Å². The lowest BCUT2D eigenvalue weighted by molar-refractivity contribution is 0.0803. The van der Waals surface area contributed by atoms with E-state index in [4.69, 9.17) is 4.74 Å². The van der Waals surface area contributed by atoms with Gasteiger partial charge in [0, 0.05) is 0 Å². The second-order valence-electron chi connectivity index (χ2n) is 2.57. The summed E-state index contributed by atoms with van der Waals surface area (Å²) < 4.78 is 5.38. The predicted octanol–water partition coefficient (Wildman–Crippen LogP) is 2.77. The van der Waals surface area contributed by atoms with Crippen LogP contribution in [0.1, 0.15) is 33.1 Å². The first-order valence-electron chi connectivity index (χ1n) is 4.03. The summed E-state index contributed by atoms with van der Waals surface area (Å²) in [6.07, 6.45) is 5.88. The maximum absolute atomic E-state index is 5.38. The highest BCUT2D eigenvalue weighted by atomic mass is 16.5. The SMILES string of the molecule is C=CCOC(C)CCCC. The van der Waals surface area contributed by atoms with Crippen molar-refractivity contribution < 1.29 is 4.74 Å². The Bertz CT molecular complexity index is 78.8. The molecule has 0 aliphatic carbocycles. The van der Waals surface area contributed by atoms with Crippen molar-refractivity contribution in [3.05, 3.63) is 12.7 Å². The van der Waals surface area contributed by atoms with Crippen LogP contribution in [0.15, 0.2) is 12.7 Å². The van der Waals surface area contributed by atoms with Crippen LogP contribution in [0, 0.1) is 0 Å². The van der Waals surface area contributed by atoms with E-state index in [0.717, 1.165) is 0 Å². The number of ether oxygens (including phenoxy) is 1. The molecule has 0 fully saturated rings. The lowest BCUT2D eigenvalue weighted by Crippen LogP contribution is -2.07. The molecular weight excluding hydrogens is 124 g/mol. The molecule has 1 unspecified atom stereocenters. The van der Waals surface area contributed by atoms with Crippen molar-refractivity contribution in [1.29, 1.82) is 0 Å². The summed E-state index contributed by atoms with van der Waals surface area (Å²) in [7, 11) is 0. The minimum absolute atomic E-state index is 0.401. The van der Waals surface area contributed by atoms with Gasteiger partial charge in [-0.05, 0) is 13.3 Å². The molecular formula is C9H18O. The lowest BCUT2D eigenvalue weighted by Gasteiger charge is -2.09. The Balaban J connectivity index is 3.07. The zero-order valence-corrected chi connectivity index (χ0v) is 7.10. The summed E-state index contributed by atoms with van der Waals surface area (Å²) in [5.74, 6) is 0. The Morgan fingerprint density at radius 3 is 2.80 bits per heavy atom. The third kappa shape index (κ3) is 5.83. The number of unbranched alkanes of at least 4 members (excludes halogenated alkanes) is 1. The topological polar surface area (TPSA) is 9.23 Å². The Morgan fingerprint density at radius 2 is 2.30 bits per heavy atom. The standard InChI is InChI=1S/C9H18O/c1-4-6-7-9(3)10-8-5-2/h5,9H,2,4,6-8H2,1,3H3. The molecule has 0 aromatic heterocycles. The van der Waals surface area contributed by atoms with E-state index in [1.54, 1.807) is 6.08 Å². The molecule has 0 rings (SSSR count). The molecule has 0 bridgehead atoms. The van der Waals surface area contributed by atoms with Crippen LogP contribution >= 0.6 is 0 Å². The van der Waals surface area contributed by atoms with E-state index in [-0.39, 0.29) is 0 Å². The van der Waals surface area contributed by atoms with Gasteiger partial charge in [0.2, 0.25) is 0 Å². The second kappa shape index (κ2) is 6.81. The molecule has 0 N–H and O–H groups in total. The van der Waals surface area contributed by atoms with Crippen LogP contribution in [-0.2, 0) is 4.74 Å². The van der Waals surface area contributed by atoms with E-state index < -0.39 is 0 Å². The van der Waals surface area contributed by atoms with E-state index in [2.05, 4.69) is 20.4 Å². The highest BCUT2D eigenvalue weighted by Crippen LogP contribution is 2.03. The minimum Gasteiger partial charge on any atom is -0.374 e. The average Bonchev–Trinajstić information content (AvgIpc) is 1.97. The van der Waals surface area contributed by atoms with Crippen LogP contribution in [0.25, 0.3) is 0 Å². The summed E-state index contributed by atoms with van der Waals surface area (Å²) in [6, 6.07) is 0. The first-order valence-corrected chi connectivity index (χ1v) is 4.03. The Kier molecular flexibility index (Phi) is 6.61.